The van der Waals surface area contributed by atoms with E-state index in [-0.39, 0.29) is 23.2 Å². The summed E-state index contributed by atoms with van der Waals surface area (Å²) in [5.41, 5.74) is 1.36. The van der Waals surface area contributed by atoms with Crippen LogP contribution in [-0.2, 0) is 37.4 Å². The van der Waals surface area contributed by atoms with Crippen molar-refractivity contribution in [2.45, 2.75) is 29.9 Å². The molecule has 1 saturated heterocycles. The van der Waals surface area contributed by atoms with Crippen molar-refractivity contribution in [1.29, 1.82) is 0 Å². The fraction of sp³-hybridized carbons (Fsp3) is 0.364. The predicted molar refractivity (Wildman–Crippen MR) is 122 cm³/mol. The van der Waals surface area contributed by atoms with Crippen LogP contribution in [0.4, 0.5) is 0 Å². The third-order valence-corrected chi connectivity index (χ3v) is 8.07. The van der Waals surface area contributed by atoms with Gasteiger partial charge in [0.05, 0.1) is 34.9 Å². The van der Waals surface area contributed by atoms with E-state index in [0.29, 0.717) is 44.2 Å². The Labute approximate surface area is 191 Å². The van der Waals surface area contributed by atoms with Crippen LogP contribution in [0.2, 0.25) is 0 Å². The van der Waals surface area contributed by atoms with Crippen molar-refractivity contribution in [1.82, 2.24) is 13.9 Å². The fourth-order valence-corrected chi connectivity index (χ4v) is 5.71. The Bertz CT molecular complexity index is 1190. The first-order chi connectivity index (χ1) is 15.5. The second kappa shape index (κ2) is 10.0. The average Bonchev–Trinajstić information content (AvgIpc) is 3.19. The molecule has 0 saturated carbocycles. The Hall–Kier alpha value is -2.40. The quantitative estimate of drug-likeness (QED) is 0.365. The molecule has 0 unspecified atom stereocenters. The topological polar surface area (TPSA) is 90.7 Å². The molecule has 0 atom stereocenters. The number of nitrogens with zero attached hydrogens (tertiary/aromatic N) is 3. The Morgan fingerprint density at radius 2 is 1.91 bits per heavy atom. The van der Waals surface area contributed by atoms with E-state index >= 15 is 0 Å². The molecule has 1 aliphatic heterocycles. The zero-order valence-electron chi connectivity index (χ0n) is 17.8. The molecule has 8 nitrogen and oxygen atoms in total. The van der Waals surface area contributed by atoms with E-state index in [1.165, 1.54) is 16.1 Å². The molecule has 0 aliphatic carbocycles. The van der Waals surface area contributed by atoms with Crippen molar-refractivity contribution in [3.8, 4) is 0 Å². The van der Waals surface area contributed by atoms with Gasteiger partial charge < -0.3 is 14.0 Å². The number of thioether (sulfide) groups is 1. The van der Waals surface area contributed by atoms with Gasteiger partial charge in [0.25, 0.3) is 0 Å². The van der Waals surface area contributed by atoms with Gasteiger partial charge in [0.1, 0.15) is 12.4 Å². The number of esters is 1. The van der Waals surface area contributed by atoms with Crippen LogP contribution in [0.5, 0.6) is 0 Å². The number of benzene rings is 2. The van der Waals surface area contributed by atoms with Gasteiger partial charge in [-0.1, -0.05) is 18.2 Å². The third-order valence-electron chi connectivity index (χ3n) is 5.18. The van der Waals surface area contributed by atoms with Crippen molar-refractivity contribution in [3.63, 3.8) is 0 Å². The second-order valence-electron chi connectivity index (χ2n) is 7.20. The molecule has 4 rings (SSSR count). The van der Waals surface area contributed by atoms with E-state index < -0.39 is 10.0 Å². The number of morpholine rings is 1. The molecule has 0 radical (unpaired) electrons. The highest BCUT2D eigenvalue weighted by atomic mass is 32.2. The Morgan fingerprint density at radius 1 is 1.16 bits per heavy atom. The average molecular weight is 476 g/mol. The molecule has 2 aromatic carbocycles. The number of carbonyl (C=O) groups is 1. The zero-order valence-corrected chi connectivity index (χ0v) is 19.4. The number of ether oxygens (including phenoxy) is 2. The minimum Gasteiger partial charge on any atom is -0.457 e. The van der Waals surface area contributed by atoms with Crippen LogP contribution in [0, 0.1) is 0 Å². The molecule has 1 fully saturated rings. The summed E-state index contributed by atoms with van der Waals surface area (Å²) >= 11 is 1.41. The van der Waals surface area contributed by atoms with Crippen molar-refractivity contribution in [2.75, 3.05) is 32.1 Å². The molecular formula is C22H25N3O5S2. The summed E-state index contributed by atoms with van der Waals surface area (Å²) in [4.78, 5) is 18.0. The van der Waals surface area contributed by atoms with E-state index in [2.05, 4.69) is 4.98 Å². The number of fused-ring (bicyclic) bond motifs is 1. The molecule has 10 heteroatoms. The standard InChI is InChI=1S/C22H25N3O5S2/c1-2-25-20-9-8-18(32(27,28)24-10-12-29-13-11-24)14-19(20)23-21(25)15-30-22(26)16-31-17-6-4-3-5-7-17/h3-9,14H,2,10-13,15-16H2,1H3. The monoisotopic (exact) mass is 475 g/mol. The summed E-state index contributed by atoms with van der Waals surface area (Å²) in [5.74, 6) is 0.462. The fourth-order valence-electron chi connectivity index (χ4n) is 3.56. The highest BCUT2D eigenvalue weighted by Crippen LogP contribution is 2.24. The highest BCUT2D eigenvalue weighted by Gasteiger charge is 2.27. The Morgan fingerprint density at radius 3 is 2.62 bits per heavy atom. The molecule has 170 valence electrons. The lowest BCUT2D eigenvalue weighted by Gasteiger charge is -2.26. The van der Waals surface area contributed by atoms with E-state index in [1.54, 1.807) is 18.2 Å². The van der Waals surface area contributed by atoms with Gasteiger partial charge in [-0.2, -0.15) is 4.31 Å². The minimum atomic E-state index is -3.61. The lowest BCUT2D eigenvalue weighted by Crippen LogP contribution is -2.40. The number of rotatable bonds is 8. The number of carbonyl (C=O) groups excluding carboxylic acids is 1. The van der Waals surface area contributed by atoms with Gasteiger partial charge >= 0.3 is 5.97 Å². The first-order valence-electron chi connectivity index (χ1n) is 10.4. The van der Waals surface area contributed by atoms with Crippen molar-refractivity contribution in [2.24, 2.45) is 0 Å². The van der Waals surface area contributed by atoms with Gasteiger partial charge in [-0.15, -0.1) is 11.8 Å². The summed E-state index contributed by atoms with van der Waals surface area (Å²) in [7, 11) is -3.61. The van der Waals surface area contributed by atoms with Crippen LogP contribution in [0.1, 0.15) is 12.7 Å². The molecule has 3 aromatic rings. The maximum Gasteiger partial charge on any atom is 0.316 e. The smallest absolute Gasteiger partial charge is 0.316 e. The maximum absolute atomic E-state index is 13.0. The molecule has 32 heavy (non-hydrogen) atoms. The van der Waals surface area contributed by atoms with Crippen molar-refractivity contribution >= 4 is 38.8 Å². The Kier molecular flexibility index (Phi) is 7.14. The highest BCUT2D eigenvalue weighted by molar-refractivity contribution is 8.00. The first-order valence-corrected chi connectivity index (χ1v) is 12.8. The summed E-state index contributed by atoms with van der Waals surface area (Å²) < 4.78 is 40.0. The molecule has 0 bridgehead atoms. The van der Waals surface area contributed by atoms with Gasteiger partial charge in [0, 0.05) is 24.5 Å². The van der Waals surface area contributed by atoms with E-state index in [9.17, 15) is 13.2 Å². The zero-order chi connectivity index (χ0) is 22.6. The summed E-state index contributed by atoms with van der Waals surface area (Å²) in [6.07, 6.45) is 0. The third kappa shape index (κ3) is 4.98. The molecule has 1 aromatic heterocycles. The van der Waals surface area contributed by atoms with Crippen LogP contribution >= 0.6 is 11.8 Å². The minimum absolute atomic E-state index is 0.0300. The first kappa shape index (κ1) is 22.8. The van der Waals surface area contributed by atoms with Crippen LogP contribution in [0.15, 0.2) is 58.3 Å². The lowest BCUT2D eigenvalue weighted by atomic mass is 10.3. The van der Waals surface area contributed by atoms with Gasteiger partial charge in [-0.05, 0) is 37.3 Å². The van der Waals surface area contributed by atoms with Crippen LogP contribution in [0.25, 0.3) is 11.0 Å². The van der Waals surface area contributed by atoms with E-state index in [0.717, 1.165) is 10.4 Å². The molecule has 0 spiro atoms. The molecule has 0 amide bonds. The summed E-state index contributed by atoms with van der Waals surface area (Å²) in [6.45, 7) is 4.09. The second-order valence-corrected chi connectivity index (χ2v) is 10.2. The normalized spacial score (nSPS) is 15.2. The van der Waals surface area contributed by atoms with Crippen LogP contribution < -0.4 is 0 Å². The molecule has 2 heterocycles. The number of sulfonamides is 1. The lowest BCUT2D eigenvalue weighted by molar-refractivity contribution is -0.142. The SMILES string of the molecule is CCn1c(COC(=O)CSc2ccccc2)nc2cc(S(=O)(=O)N3CCOCC3)ccc21. The van der Waals surface area contributed by atoms with E-state index in [4.69, 9.17) is 9.47 Å². The number of imidazole rings is 1. The molecule has 1 aliphatic rings. The van der Waals surface area contributed by atoms with Gasteiger partial charge in [0.2, 0.25) is 10.0 Å². The molecule has 0 N–H and O–H groups in total. The van der Waals surface area contributed by atoms with Gasteiger partial charge in [-0.25, -0.2) is 13.4 Å². The number of aryl methyl sites for hydroxylation is 1. The van der Waals surface area contributed by atoms with Crippen molar-refractivity contribution < 1.29 is 22.7 Å². The van der Waals surface area contributed by atoms with Gasteiger partial charge in [0.15, 0.2) is 0 Å². The number of hydrogen-bond donors (Lipinski definition) is 0. The summed E-state index contributed by atoms with van der Waals surface area (Å²) in [6, 6.07) is 14.6. The summed E-state index contributed by atoms with van der Waals surface area (Å²) in [5, 5.41) is 0. The van der Waals surface area contributed by atoms with Crippen LogP contribution in [0.3, 0.4) is 0 Å². The van der Waals surface area contributed by atoms with Gasteiger partial charge in [-0.3, -0.25) is 4.79 Å². The largest absolute Gasteiger partial charge is 0.457 e. The number of aromatic nitrogens is 2. The van der Waals surface area contributed by atoms with Crippen LogP contribution in [-0.4, -0.2) is 60.3 Å². The van der Waals surface area contributed by atoms with E-state index in [1.807, 2.05) is 41.8 Å². The maximum atomic E-state index is 13.0. The predicted octanol–water partition coefficient (Wildman–Crippen LogP) is 2.91. The molecular weight excluding hydrogens is 450 g/mol. The van der Waals surface area contributed by atoms with Crippen molar-refractivity contribution in [3.05, 3.63) is 54.4 Å². The Balaban J connectivity index is 1.48. The number of hydrogen-bond acceptors (Lipinski definition) is 7.